The molecule has 0 fully saturated rings. The van der Waals surface area contributed by atoms with Gasteiger partial charge in [-0.3, -0.25) is 4.79 Å². The standard InChI is InChI=1S/C23H29NO4/c1-5-15-27-23(26)16(4)28-20-13-11-19(12-14-20)22(25)24-21-17(6-2)9-8-10-18(21)7-3/h8-14,16H,5-7,15H2,1-4H3,(H,24,25)/t16-/m1/s1. The van der Waals surface area contributed by atoms with Crippen molar-refractivity contribution >= 4 is 17.6 Å². The number of esters is 1. The van der Waals surface area contributed by atoms with Crippen LogP contribution in [-0.4, -0.2) is 24.6 Å². The zero-order valence-electron chi connectivity index (χ0n) is 17.1. The van der Waals surface area contributed by atoms with Gasteiger partial charge in [-0.25, -0.2) is 4.79 Å². The Bertz CT molecular complexity index is 776. The van der Waals surface area contributed by atoms with Gasteiger partial charge in [0.2, 0.25) is 0 Å². The number of carbonyl (C=O) groups excluding carboxylic acids is 2. The summed E-state index contributed by atoms with van der Waals surface area (Å²) in [5, 5.41) is 3.05. The molecular formula is C23H29NO4. The Morgan fingerprint density at radius 2 is 1.57 bits per heavy atom. The molecule has 1 N–H and O–H groups in total. The Morgan fingerprint density at radius 1 is 0.964 bits per heavy atom. The summed E-state index contributed by atoms with van der Waals surface area (Å²) < 4.78 is 10.7. The van der Waals surface area contributed by atoms with E-state index in [0.29, 0.717) is 17.9 Å². The molecule has 0 aliphatic rings. The molecule has 0 heterocycles. The zero-order valence-corrected chi connectivity index (χ0v) is 17.1. The zero-order chi connectivity index (χ0) is 20.5. The molecule has 0 aliphatic carbocycles. The molecule has 0 spiro atoms. The van der Waals surface area contributed by atoms with Gasteiger partial charge in [0, 0.05) is 11.3 Å². The van der Waals surface area contributed by atoms with Crippen molar-refractivity contribution in [2.24, 2.45) is 0 Å². The summed E-state index contributed by atoms with van der Waals surface area (Å²) >= 11 is 0. The fraction of sp³-hybridized carbons (Fsp3) is 0.391. The first kappa shape index (κ1) is 21.5. The number of amides is 1. The quantitative estimate of drug-likeness (QED) is 0.633. The predicted octanol–water partition coefficient (Wildman–Crippen LogP) is 4.78. The number of carbonyl (C=O) groups is 2. The van der Waals surface area contributed by atoms with Crippen molar-refractivity contribution in [3.05, 3.63) is 59.2 Å². The van der Waals surface area contributed by atoms with E-state index >= 15 is 0 Å². The minimum atomic E-state index is -0.699. The summed E-state index contributed by atoms with van der Waals surface area (Å²) in [4.78, 5) is 24.5. The second kappa shape index (κ2) is 10.5. The lowest BCUT2D eigenvalue weighted by atomic mass is 10.0. The lowest BCUT2D eigenvalue weighted by Gasteiger charge is -2.15. The van der Waals surface area contributed by atoms with Crippen molar-refractivity contribution in [3.63, 3.8) is 0 Å². The molecule has 1 amide bonds. The highest BCUT2D eigenvalue weighted by Crippen LogP contribution is 2.24. The molecule has 5 heteroatoms. The molecule has 0 aromatic heterocycles. The predicted molar refractivity (Wildman–Crippen MR) is 111 cm³/mol. The highest BCUT2D eigenvalue weighted by atomic mass is 16.6. The number of para-hydroxylation sites is 1. The van der Waals surface area contributed by atoms with E-state index in [1.165, 1.54) is 0 Å². The van der Waals surface area contributed by atoms with Gasteiger partial charge in [0.1, 0.15) is 5.75 Å². The minimum Gasteiger partial charge on any atom is -0.479 e. The Kier molecular flexibility index (Phi) is 8.05. The molecular weight excluding hydrogens is 354 g/mol. The average molecular weight is 383 g/mol. The third-order valence-electron chi connectivity index (χ3n) is 4.45. The first-order valence-electron chi connectivity index (χ1n) is 9.85. The van der Waals surface area contributed by atoms with Crippen LogP contribution in [0.25, 0.3) is 0 Å². The van der Waals surface area contributed by atoms with Gasteiger partial charge in [-0.2, -0.15) is 0 Å². The molecule has 1 atom stereocenters. The van der Waals surface area contributed by atoms with Crippen molar-refractivity contribution < 1.29 is 19.1 Å². The third kappa shape index (κ3) is 5.59. The highest BCUT2D eigenvalue weighted by molar-refractivity contribution is 6.05. The molecule has 2 aromatic rings. The average Bonchev–Trinajstić information content (AvgIpc) is 2.72. The van der Waals surface area contributed by atoms with Crippen LogP contribution < -0.4 is 10.1 Å². The first-order chi connectivity index (χ1) is 13.5. The van der Waals surface area contributed by atoms with Gasteiger partial charge in [-0.15, -0.1) is 0 Å². The summed E-state index contributed by atoms with van der Waals surface area (Å²) in [5.41, 5.74) is 3.66. The van der Waals surface area contributed by atoms with E-state index in [1.807, 2.05) is 25.1 Å². The van der Waals surface area contributed by atoms with E-state index in [-0.39, 0.29) is 5.91 Å². The molecule has 0 saturated heterocycles. The number of aryl methyl sites for hydroxylation is 2. The molecule has 28 heavy (non-hydrogen) atoms. The van der Waals surface area contributed by atoms with Crippen LogP contribution in [0.15, 0.2) is 42.5 Å². The molecule has 150 valence electrons. The SMILES string of the molecule is CCCOC(=O)[C@@H](C)Oc1ccc(C(=O)Nc2c(CC)cccc2CC)cc1. The van der Waals surface area contributed by atoms with Crippen LogP contribution in [-0.2, 0) is 22.4 Å². The van der Waals surface area contributed by atoms with E-state index in [4.69, 9.17) is 9.47 Å². The summed E-state index contributed by atoms with van der Waals surface area (Å²) in [6.45, 7) is 8.11. The van der Waals surface area contributed by atoms with Gasteiger partial charge in [-0.05, 0) is 61.6 Å². The summed E-state index contributed by atoms with van der Waals surface area (Å²) in [6.07, 6.45) is 1.77. The topological polar surface area (TPSA) is 64.6 Å². The number of hydrogen-bond acceptors (Lipinski definition) is 4. The molecule has 0 aliphatic heterocycles. The van der Waals surface area contributed by atoms with E-state index in [0.717, 1.165) is 36.1 Å². The minimum absolute atomic E-state index is 0.169. The first-order valence-corrected chi connectivity index (χ1v) is 9.85. The van der Waals surface area contributed by atoms with Crippen molar-refractivity contribution in [1.29, 1.82) is 0 Å². The number of rotatable bonds is 9. The molecule has 2 rings (SSSR count). The normalized spacial score (nSPS) is 11.6. The second-order valence-electron chi connectivity index (χ2n) is 6.56. The van der Waals surface area contributed by atoms with Gasteiger partial charge < -0.3 is 14.8 Å². The summed E-state index contributed by atoms with van der Waals surface area (Å²) in [7, 11) is 0. The Labute approximate surface area is 167 Å². The molecule has 2 aromatic carbocycles. The van der Waals surface area contributed by atoms with Crippen LogP contribution in [0.4, 0.5) is 5.69 Å². The molecule has 5 nitrogen and oxygen atoms in total. The van der Waals surface area contributed by atoms with E-state index in [1.54, 1.807) is 31.2 Å². The summed E-state index contributed by atoms with van der Waals surface area (Å²) in [6, 6.07) is 12.8. The van der Waals surface area contributed by atoms with Crippen molar-refractivity contribution in [3.8, 4) is 5.75 Å². The van der Waals surface area contributed by atoms with Gasteiger partial charge in [0.15, 0.2) is 6.10 Å². The molecule has 0 radical (unpaired) electrons. The maximum absolute atomic E-state index is 12.7. The van der Waals surface area contributed by atoms with Crippen LogP contribution in [0.3, 0.4) is 0 Å². The van der Waals surface area contributed by atoms with Gasteiger partial charge in [-0.1, -0.05) is 39.0 Å². The largest absolute Gasteiger partial charge is 0.479 e. The maximum atomic E-state index is 12.7. The molecule has 0 unspecified atom stereocenters. The van der Waals surface area contributed by atoms with Gasteiger partial charge in [0.05, 0.1) is 6.61 Å². The van der Waals surface area contributed by atoms with Crippen LogP contribution in [0.2, 0.25) is 0 Å². The Morgan fingerprint density at radius 3 is 2.11 bits per heavy atom. The van der Waals surface area contributed by atoms with Gasteiger partial charge in [0.25, 0.3) is 5.91 Å². The monoisotopic (exact) mass is 383 g/mol. The third-order valence-corrected chi connectivity index (χ3v) is 4.45. The van der Waals surface area contributed by atoms with Crippen LogP contribution in [0.1, 0.15) is 55.6 Å². The second-order valence-corrected chi connectivity index (χ2v) is 6.56. The van der Waals surface area contributed by atoms with E-state index in [2.05, 4.69) is 19.2 Å². The fourth-order valence-electron chi connectivity index (χ4n) is 2.85. The lowest BCUT2D eigenvalue weighted by Crippen LogP contribution is -2.26. The number of hydrogen-bond donors (Lipinski definition) is 1. The summed E-state index contributed by atoms with van der Waals surface area (Å²) in [5.74, 6) is -0.0507. The number of anilines is 1. The Balaban J connectivity index is 2.06. The number of benzene rings is 2. The lowest BCUT2D eigenvalue weighted by molar-refractivity contribution is -0.151. The van der Waals surface area contributed by atoms with E-state index < -0.39 is 12.1 Å². The Hall–Kier alpha value is -2.82. The number of nitrogens with one attached hydrogen (secondary N) is 1. The van der Waals surface area contributed by atoms with Crippen molar-refractivity contribution in [2.45, 2.75) is 53.1 Å². The van der Waals surface area contributed by atoms with Crippen molar-refractivity contribution in [2.75, 3.05) is 11.9 Å². The fourth-order valence-corrected chi connectivity index (χ4v) is 2.85. The van der Waals surface area contributed by atoms with Crippen LogP contribution >= 0.6 is 0 Å². The molecule has 0 saturated carbocycles. The number of ether oxygens (including phenoxy) is 2. The van der Waals surface area contributed by atoms with Crippen LogP contribution in [0.5, 0.6) is 5.75 Å². The van der Waals surface area contributed by atoms with E-state index in [9.17, 15) is 9.59 Å². The molecule has 0 bridgehead atoms. The van der Waals surface area contributed by atoms with Crippen molar-refractivity contribution in [1.82, 2.24) is 0 Å². The highest BCUT2D eigenvalue weighted by Gasteiger charge is 2.17. The van der Waals surface area contributed by atoms with Crippen LogP contribution in [0, 0.1) is 0 Å². The smallest absolute Gasteiger partial charge is 0.347 e. The van der Waals surface area contributed by atoms with Gasteiger partial charge >= 0.3 is 5.97 Å². The maximum Gasteiger partial charge on any atom is 0.347 e.